The monoisotopic (exact) mass is 182 g/mol. The highest BCUT2D eigenvalue weighted by Crippen LogP contribution is 2.04. The molecule has 0 aliphatic carbocycles. The van der Waals surface area contributed by atoms with Crippen molar-refractivity contribution in [3.8, 4) is 0 Å². The second kappa shape index (κ2) is 3.93. The second-order valence-electron chi connectivity index (χ2n) is 2.86. The van der Waals surface area contributed by atoms with Gasteiger partial charge in [0.1, 0.15) is 5.82 Å². The van der Waals surface area contributed by atoms with Crippen LogP contribution < -0.4 is 11.1 Å². The predicted octanol–water partition coefficient (Wildman–Crippen LogP) is -0.0902. The SMILES string of the molecule is CNC(=O)CCn1nc(N)cc1C. The van der Waals surface area contributed by atoms with Crippen LogP contribution in [0.25, 0.3) is 0 Å². The Morgan fingerprint density at radius 2 is 2.46 bits per heavy atom. The number of carbonyl (C=O) groups is 1. The molecule has 0 aliphatic rings. The molecule has 1 aromatic heterocycles. The minimum Gasteiger partial charge on any atom is -0.382 e. The number of nitrogens with one attached hydrogen (secondary N) is 1. The first kappa shape index (κ1) is 9.57. The van der Waals surface area contributed by atoms with E-state index in [0.717, 1.165) is 5.69 Å². The third-order valence-electron chi connectivity index (χ3n) is 1.83. The molecule has 0 saturated heterocycles. The van der Waals surface area contributed by atoms with Crippen LogP contribution in [0.15, 0.2) is 6.07 Å². The average Bonchev–Trinajstić information content (AvgIpc) is 2.41. The summed E-state index contributed by atoms with van der Waals surface area (Å²) in [6.45, 7) is 2.48. The van der Waals surface area contributed by atoms with Gasteiger partial charge in [0, 0.05) is 25.2 Å². The minimum atomic E-state index is 0.00784. The van der Waals surface area contributed by atoms with Crippen molar-refractivity contribution in [1.29, 1.82) is 0 Å². The Kier molecular flexibility index (Phi) is 2.89. The molecule has 3 N–H and O–H groups in total. The van der Waals surface area contributed by atoms with E-state index in [4.69, 9.17) is 5.73 Å². The van der Waals surface area contributed by atoms with Gasteiger partial charge < -0.3 is 11.1 Å². The summed E-state index contributed by atoms with van der Waals surface area (Å²) in [5.74, 6) is 0.503. The molecule has 1 aromatic rings. The number of aryl methyl sites for hydroxylation is 2. The predicted molar refractivity (Wildman–Crippen MR) is 50.1 cm³/mol. The number of amides is 1. The molecular weight excluding hydrogens is 168 g/mol. The van der Waals surface area contributed by atoms with Gasteiger partial charge in [-0.3, -0.25) is 9.48 Å². The molecule has 0 aromatic carbocycles. The van der Waals surface area contributed by atoms with Crippen LogP contribution in [0.1, 0.15) is 12.1 Å². The van der Waals surface area contributed by atoms with Gasteiger partial charge in [-0.15, -0.1) is 0 Å². The zero-order chi connectivity index (χ0) is 9.84. The molecule has 0 radical (unpaired) electrons. The lowest BCUT2D eigenvalue weighted by Crippen LogP contribution is -2.20. The van der Waals surface area contributed by atoms with Crippen LogP contribution in [0, 0.1) is 6.92 Å². The first-order valence-electron chi connectivity index (χ1n) is 4.14. The summed E-state index contributed by atoms with van der Waals surface area (Å²) in [5.41, 5.74) is 6.46. The van der Waals surface area contributed by atoms with Crippen LogP contribution in [0.5, 0.6) is 0 Å². The third-order valence-corrected chi connectivity index (χ3v) is 1.83. The lowest BCUT2D eigenvalue weighted by Gasteiger charge is -2.02. The normalized spacial score (nSPS) is 10.0. The van der Waals surface area contributed by atoms with Crippen LogP contribution in [0.4, 0.5) is 5.82 Å². The number of nitrogens with two attached hydrogens (primary N) is 1. The maximum absolute atomic E-state index is 10.9. The van der Waals surface area contributed by atoms with E-state index in [1.165, 1.54) is 0 Å². The van der Waals surface area contributed by atoms with E-state index in [9.17, 15) is 4.79 Å². The first-order chi connectivity index (χ1) is 6.13. The quantitative estimate of drug-likeness (QED) is 0.686. The summed E-state index contributed by atoms with van der Waals surface area (Å²) in [6.07, 6.45) is 0.429. The smallest absolute Gasteiger partial charge is 0.221 e. The summed E-state index contributed by atoms with van der Waals surface area (Å²) in [7, 11) is 1.62. The molecule has 0 bridgehead atoms. The number of anilines is 1. The Morgan fingerprint density at radius 1 is 1.77 bits per heavy atom. The molecule has 0 aliphatic heterocycles. The van der Waals surface area contributed by atoms with Crippen molar-refractivity contribution in [2.75, 3.05) is 12.8 Å². The van der Waals surface area contributed by atoms with Gasteiger partial charge in [0.25, 0.3) is 0 Å². The fraction of sp³-hybridized carbons (Fsp3) is 0.500. The lowest BCUT2D eigenvalue weighted by molar-refractivity contribution is -0.120. The van der Waals surface area contributed by atoms with Crippen LogP contribution in [0.3, 0.4) is 0 Å². The van der Waals surface area contributed by atoms with Crippen molar-refractivity contribution >= 4 is 11.7 Å². The molecule has 1 heterocycles. The zero-order valence-corrected chi connectivity index (χ0v) is 7.87. The number of hydrogen-bond donors (Lipinski definition) is 2. The number of carbonyl (C=O) groups excluding carboxylic acids is 1. The Morgan fingerprint density at radius 3 is 2.92 bits per heavy atom. The number of hydrogen-bond acceptors (Lipinski definition) is 3. The maximum Gasteiger partial charge on any atom is 0.221 e. The van der Waals surface area contributed by atoms with Crippen molar-refractivity contribution in [1.82, 2.24) is 15.1 Å². The van der Waals surface area contributed by atoms with E-state index in [0.29, 0.717) is 18.8 Å². The van der Waals surface area contributed by atoms with Gasteiger partial charge >= 0.3 is 0 Å². The van der Waals surface area contributed by atoms with Crippen molar-refractivity contribution in [3.63, 3.8) is 0 Å². The molecule has 0 unspecified atom stereocenters. The largest absolute Gasteiger partial charge is 0.382 e. The van der Waals surface area contributed by atoms with Crippen molar-refractivity contribution in [2.24, 2.45) is 0 Å². The summed E-state index contributed by atoms with van der Waals surface area (Å²) in [6, 6.07) is 1.78. The topological polar surface area (TPSA) is 72.9 Å². The molecule has 1 amide bonds. The lowest BCUT2D eigenvalue weighted by atomic mass is 10.4. The van der Waals surface area contributed by atoms with Crippen LogP contribution >= 0.6 is 0 Å². The van der Waals surface area contributed by atoms with Gasteiger partial charge in [-0.25, -0.2) is 0 Å². The van der Waals surface area contributed by atoms with E-state index >= 15 is 0 Å². The number of aromatic nitrogens is 2. The minimum absolute atomic E-state index is 0.00784. The summed E-state index contributed by atoms with van der Waals surface area (Å²) in [4.78, 5) is 10.9. The second-order valence-corrected chi connectivity index (χ2v) is 2.86. The Hall–Kier alpha value is -1.52. The van der Waals surface area contributed by atoms with Crippen molar-refractivity contribution in [3.05, 3.63) is 11.8 Å². The molecule has 0 fully saturated rings. The standard InChI is InChI=1S/C8H14N4O/c1-6-5-7(9)11-12(6)4-3-8(13)10-2/h5H,3-4H2,1-2H3,(H2,9,11)(H,10,13). The molecule has 5 heteroatoms. The zero-order valence-electron chi connectivity index (χ0n) is 7.87. The molecule has 1 rings (SSSR count). The van der Waals surface area contributed by atoms with Gasteiger partial charge in [-0.1, -0.05) is 0 Å². The molecular formula is C8H14N4O. The van der Waals surface area contributed by atoms with E-state index in [2.05, 4.69) is 10.4 Å². The number of rotatable bonds is 3. The van der Waals surface area contributed by atoms with E-state index < -0.39 is 0 Å². The summed E-state index contributed by atoms with van der Waals surface area (Å²) >= 11 is 0. The van der Waals surface area contributed by atoms with Crippen LogP contribution in [-0.4, -0.2) is 22.7 Å². The number of nitrogen functional groups attached to an aromatic ring is 1. The molecule has 0 atom stereocenters. The van der Waals surface area contributed by atoms with Gasteiger partial charge in [0.2, 0.25) is 5.91 Å². The van der Waals surface area contributed by atoms with Gasteiger partial charge in [-0.2, -0.15) is 5.10 Å². The first-order valence-corrected chi connectivity index (χ1v) is 4.14. The Labute approximate surface area is 76.9 Å². The van der Waals surface area contributed by atoms with Crippen molar-refractivity contribution in [2.45, 2.75) is 19.9 Å². The average molecular weight is 182 g/mol. The highest BCUT2D eigenvalue weighted by molar-refractivity contribution is 5.75. The van der Waals surface area contributed by atoms with Crippen LogP contribution in [0.2, 0.25) is 0 Å². The van der Waals surface area contributed by atoms with Gasteiger partial charge in [0.05, 0.1) is 6.54 Å². The molecule has 5 nitrogen and oxygen atoms in total. The van der Waals surface area contributed by atoms with Gasteiger partial charge in [-0.05, 0) is 6.92 Å². The van der Waals surface area contributed by atoms with E-state index in [-0.39, 0.29) is 5.91 Å². The van der Waals surface area contributed by atoms with Gasteiger partial charge in [0.15, 0.2) is 0 Å². The Bertz CT molecular complexity index is 305. The molecule has 0 spiro atoms. The highest BCUT2D eigenvalue weighted by Gasteiger charge is 2.03. The highest BCUT2D eigenvalue weighted by atomic mass is 16.1. The maximum atomic E-state index is 10.9. The van der Waals surface area contributed by atoms with Crippen LogP contribution in [-0.2, 0) is 11.3 Å². The molecule has 13 heavy (non-hydrogen) atoms. The molecule has 72 valence electrons. The fourth-order valence-electron chi connectivity index (χ4n) is 1.09. The number of nitrogens with zero attached hydrogens (tertiary/aromatic N) is 2. The summed E-state index contributed by atoms with van der Waals surface area (Å²) < 4.78 is 1.73. The van der Waals surface area contributed by atoms with E-state index in [1.54, 1.807) is 17.8 Å². The van der Waals surface area contributed by atoms with Crippen molar-refractivity contribution < 1.29 is 4.79 Å². The fourth-order valence-corrected chi connectivity index (χ4v) is 1.09. The van der Waals surface area contributed by atoms with E-state index in [1.807, 2.05) is 6.92 Å². The third kappa shape index (κ3) is 2.47. The summed E-state index contributed by atoms with van der Waals surface area (Å²) in [5, 5.41) is 6.58. The Balaban J connectivity index is 2.54. The molecule has 0 saturated carbocycles.